The fraction of sp³-hybridized carbons (Fsp3) is 0.333. The Balaban J connectivity index is 1.63. The molecule has 0 N–H and O–H groups in total. The highest BCUT2D eigenvalue weighted by Gasteiger charge is 2.53. The largest absolute Gasteiger partial charge is 0.481 e. The van der Waals surface area contributed by atoms with Gasteiger partial charge >= 0.3 is 5.97 Å². The van der Waals surface area contributed by atoms with Crippen molar-refractivity contribution in [3.63, 3.8) is 0 Å². The van der Waals surface area contributed by atoms with Gasteiger partial charge in [-0.1, -0.05) is 43.3 Å². The van der Waals surface area contributed by atoms with Crippen molar-refractivity contribution in [3.05, 3.63) is 123 Å². The van der Waals surface area contributed by atoms with Crippen LogP contribution in [0.15, 0.2) is 89.2 Å². The van der Waals surface area contributed by atoms with Crippen LogP contribution in [-0.4, -0.2) is 35.2 Å². The summed E-state index contributed by atoms with van der Waals surface area (Å²) in [5, 5.41) is 0. The number of carbonyl (C=O) groups excluding carboxylic acids is 2. The Bertz CT molecular complexity index is 1700. The number of halogens is 2. The van der Waals surface area contributed by atoms with Crippen LogP contribution in [0.3, 0.4) is 0 Å². The summed E-state index contributed by atoms with van der Waals surface area (Å²) in [5.41, 5.74) is 4.08. The predicted molar refractivity (Wildman–Crippen MR) is 168 cm³/mol. The number of methoxy groups -OCH3 is 1. The molecule has 0 unspecified atom stereocenters. The summed E-state index contributed by atoms with van der Waals surface area (Å²) in [7, 11) is 1.56. The minimum absolute atomic E-state index is 0.102. The molecular weight excluding hydrogens is 580 g/mol. The zero-order valence-corrected chi connectivity index (χ0v) is 26.3. The van der Waals surface area contributed by atoms with Gasteiger partial charge in [0.2, 0.25) is 5.88 Å². The quantitative estimate of drug-likeness (QED) is 0.117. The number of hydrogen-bond donors (Lipinski definition) is 0. The molecule has 8 heteroatoms. The first kappa shape index (κ1) is 31.4. The number of carbonyl (C=O) groups is 2. The van der Waals surface area contributed by atoms with Crippen molar-refractivity contribution in [2.45, 2.75) is 58.0 Å². The molecule has 3 aromatic rings. The average molecular weight is 616 g/mol. The van der Waals surface area contributed by atoms with Gasteiger partial charge in [0, 0.05) is 51.5 Å². The monoisotopic (exact) mass is 615 g/mol. The maximum atomic E-state index is 15.7. The van der Waals surface area contributed by atoms with E-state index in [1.807, 2.05) is 18.2 Å². The van der Waals surface area contributed by atoms with Crippen molar-refractivity contribution >= 4 is 23.5 Å². The number of esters is 1. The van der Waals surface area contributed by atoms with Crippen molar-refractivity contribution < 1.29 is 27.8 Å². The van der Waals surface area contributed by atoms with Crippen LogP contribution >= 0.6 is 11.8 Å². The molecule has 1 aliphatic heterocycles. The Morgan fingerprint density at radius 1 is 1.09 bits per heavy atom. The number of pyridine rings is 1. The van der Waals surface area contributed by atoms with Gasteiger partial charge in [0.05, 0.1) is 7.11 Å². The summed E-state index contributed by atoms with van der Waals surface area (Å²) in [6, 6.07) is 14.4. The number of hydrogen-bond acceptors (Lipinski definition) is 6. The highest BCUT2D eigenvalue weighted by atomic mass is 32.2. The smallest absolute Gasteiger partial charge is 0.335 e. The molecule has 2 heterocycles. The molecule has 0 bridgehead atoms. The topological polar surface area (TPSA) is 65.5 Å². The zero-order chi connectivity index (χ0) is 31.7. The molecule has 0 fully saturated rings. The lowest BCUT2D eigenvalue weighted by Gasteiger charge is -2.50. The molecule has 2 aliphatic rings. The lowest BCUT2D eigenvalue weighted by Crippen LogP contribution is -2.50. The summed E-state index contributed by atoms with van der Waals surface area (Å²) >= 11 is 1.51. The van der Waals surface area contributed by atoms with E-state index < -0.39 is 34.0 Å². The number of aromatic nitrogens is 1. The predicted octanol–water partition coefficient (Wildman–Crippen LogP) is 7.74. The van der Waals surface area contributed by atoms with E-state index in [1.165, 1.54) is 30.0 Å². The van der Waals surface area contributed by atoms with Gasteiger partial charge in [-0.25, -0.2) is 18.6 Å². The van der Waals surface area contributed by atoms with Gasteiger partial charge in [0.25, 0.3) is 0 Å². The summed E-state index contributed by atoms with van der Waals surface area (Å²) in [6.45, 7) is 7.42. The lowest BCUT2D eigenvalue weighted by atomic mass is 9.53. The van der Waals surface area contributed by atoms with E-state index in [9.17, 15) is 14.0 Å². The van der Waals surface area contributed by atoms with E-state index in [1.54, 1.807) is 58.3 Å². The molecule has 1 aromatic heterocycles. The third-order valence-electron chi connectivity index (χ3n) is 8.25. The Kier molecular flexibility index (Phi) is 8.70. The Morgan fingerprint density at radius 3 is 2.52 bits per heavy atom. The number of fused-ring (bicyclic) bond motifs is 2. The number of allylic oxidation sites excluding steroid dienone is 2. The van der Waals surface area contributed by atoms with Gasteiger partial charge in [0.15, 0.2) is 5.78 Å². The van der Waals surface area contributed by atoms with Crippen molar-refractivity contribution in [2.24, 2.45) is 5.41 Å². The van der Waals surface area contributed by atoms with E-state index >= 15 is 4.39 Å². The molecule has 0 saturated heterocycles. The number of thioether (sulfide) groups is 1. The van der Waals surface area contributed by atoms with Crippen LogP contribution < -0.4 is 4.74 Å². The molecule has 0 radical (unpaired) electrons. The molecule has 5 rings (SSSR count). The third kappa shape index (κ3) is 6.28. The molecule has 0 saturated carbocycles. The maximum Gasteiger partial charge on any atom is 0.335 e. The molecule has 5 nitrogen and oxygen atoms in total. The molecular formula is C36H35F2NO4S. The second-order valence-corrected chi connectivity index (χ2v) is 13.6. The van der Waals surface area contributed by atoms with Crippen LogP contribution in [0.2, 0.25) is 0 Å². The number of benzene rings is 2. The lowest BCUT2D eigenvalue weighted by molar-refractivity contribution is -0.149. The van der Waals surface area contributed by atoms with Crippen LogP contribution in [0.25, 0.3) is 0 Å². The van der Waals surface area contributed by atoms with Crippen molar-refractivity contribution in [3.8, 4) is 5.88 Å². The van der Waals surface area contributed by atoms with Crippen LogP contribution in [0.1, 0.15) is 61.2 Å². The summed E-state index contributed by atoms with van der Waals surface area (Å²) in [5.74, 6) is -1.19. The van der Waals surface area contributed by atoms with Gasteiger partial charge < -0.3 is 9.47 Å². The molecule has 2 atom stereocenters. The van der Waals surface area contributed by atoms with E-state index in [2.05, 4.69) is 17.6 Å². The second kappa shape index (κ2) is 12.2. The number of rotatable bonds is 7. The van der Waals surface area contributed by atoms with Crippen LogP contribution in [0, 0.1) is 17.0 Å². The maximum absolute atomic E-state index is 15.7. The number of ketones is 1. The molecule has 228 valence electrons. The first-order chi connectivity index (χ1) is 20.8. The Hall–Kier alpha value is -4.00. The van der Waals surface area contributed by atoms with Crippen LogP contribution in [0.5, 0.6) is 5.88 Å². The second-order valence-electron chi connectivity index (χ2n) is 12.5. The van der Waals surface area contributed by atoms with Gasteiger partial charge in [0.1, 0.15) is 17.2 Å². The van der Waals surface area contributed by atoms with E-state index in [-0.39, 0.29) is 17.8 Å². The highest BCUT2D eigenvalue weighted by molar-refractivity contribution is 8.03. The zero-order valence-electron chi connectivity index (χ0n) is 25.5. The van der Waals surface area contributed by atoms with Crippen LogP contribution in [0.4, 0.5) is 8.78 Å². The molecule has 1 aliphatic carbocycles. The van der Waals surface area contributed by atoms with Crippen molar-refractivity contribution in [1.29, 1.82) is 0 Å². The Morgan fingerprint density at radius 2 is 1.84 bits per heavy atom. The molecule has 44 heavy (non-hydrogen) atoms. The van der Waals surface area contributed by atoms with Crippen molar-refractivity contribution in [1.82, 2.24) is 4.98 Å². The minimum atomic E-state index is -0.932. The van der Waals surface area contributed by atoms with E-state index in [0.29, 0.717) is 40.5 Å². The summed E-state index contributed by atoms with van der Waals surface area (Å²) in [4.78, 5) is 31.6. The SMILES string of the molecule is COc1nccc2c1C[C@]1(c3ccc(F)cc3F)C=C=C(CC(=CC(=O)c3ccccc3)C(=O)OC(C)(C)C)SC[C@]1(C)C2. The first-order valence-corrected chi connectivity index (χ1v) is 15.4. The fourth-order valence-corrected chi connectivity index (χ4v) is 7.26. The minimum Gasteiger partial charge on any atom is -0.481 e. The Labute approximate surface area is 261 Å². The molecule has 2 aromatic carbocycles. The van der Waals surface area contributed by atoms with Gasteiger partial charge in [-0.05, 0) is 74.4 Å². The summed E-state index contributed by atoms with van der Waals surface area (Å²) in [6.07, 6.45) is 5.94. The third-order valence-corrected chi connectivity index (χ3v) is 9.64. The fourth-order valence-electron chi connectivity index (χ4n) is 6.00. The van der Waals surface area contributed by atoms with Gasteiger partial charge in [-0.2, -0.15) is 0 Å². The van der Waals surface area contributed by atoms with E-state index in [0.717, 1.165) is 17.2 Å². The molecule has 0 amide bonds. The standard InChI is InChI=1S/C36H35F2NO4S/c1-34(2,3)43-33(41)25(18-31(40)23-9-7-6-8-10-23)17-27-13-15-36(29-12-11-26(37)19-30(29)38)21-28-24(14-16-39-32(28)42-5)20-35(36,4)22-44-27/h6-12,14-16,18-19H,17,20-22H2,1-5H3/t35-,36-/m0/s1. The normalized spacial score (nSPS) is 21.4. The average Bonchev–Trinajstić information content (AvgIpc) is 3.11. The summed E-state index contributed by atoms with van der Waals surface area (Å²) < 4.78 is 41.1. The number of ether oxygens (including phenoxy) is 2. The van der Waals surface area contributed by atoms with Gasteiger partial charge in [-0.15, -0.1) is 17.5 Å². The first-order valence-electron chi connectivity index (χ1n) is 14.4. The van der Waals surface area contributed by atoms with Crippen LogP contribution in [-0.2, 0) is 27.8 Å². The molecule has 0 spiro atoms. The van der Waals surface area contributed by atoms with Crippen molar-refractivity contribution in [2.75, 3.05) is 12.9 Å². The van der Waals surface area contributed by atoms with Gasteiger partial charge in [-0.3, -0.25) is 4.79 Å². The van der Waals surface area contributed by atoms with E-state index in [4.69, 9.17) is 9.47 Å². The number of nitrogens with zero attached hydrogens (tertiary/aromatic N) is 1. The highest BCUT2D eigenvalue weighted by Crippen LogP contribution is 2.56.